The number of nitro groups is 1. The monoisotopic (exact) mass is 333 g/mol. The normalized spacial score (nSPS) is 10.3. The third-order valence-electron chi connectivity index (χ3n) is 3.47. The minimum absolute atomic E-state index is 0.0880. The summed E-state index contributed by atoms with van der Waals surface area (Å²) in [5.74, 6) is -0.708. The van der Waals surface area contributed by atoms with Gasteiger partial charge in [-0.15, -0.1) is 0 Å². The van der Waals surface area contributed by atoms with Gasteiger partial charge in [-0.2, -0.15) is 4.39 Å². The maximum Gasteiger partial charge on any atom is 0.327 e. The third kappa shape index (κ3) is 4.34. The highest BCUT2D eigenvalue weighted by atomic mass is 19.1. The van der Waals surface area contributed by atoms with E-state index >= 15 is 0 Å². The van der Waals surface area contributed by atoms with Gasteiger partial charge in [-0.1, -0.05) is 19.1 Å². The Morgan fingerprint density at radius 3 is 2.50 bits per heavy atom. The molecule has 2 N–H and O–H groups in total. The van der Waals surface area contributed by atoms with Crippen molar-refractivity contribution in [2.45, 2.75) is 19.9 Å². The van der Waals surface area contributed by atoms with Crippen LogP contribution in [0.5, 0.6) is 5.75 Å². The van der Waals surface area contributed by atoms with E-state index in [1.807, 2.05) is 24.3 Å². The SMILES string of the molecule is CCCNc1ccc(CNc2cc(OC)cc(F)c2[N+](=O)[O-])cc1. The maximum absolute atomic E-state index is 13.9. The first-order valence-electron chi connectivity index (χ1n) is 7.63. The third-order valence-corrected chi connectivity index (χ3v) is 3.47. The van der Waals surface area contributed by atoms with Gasteiger partial charge < -0.3 is 15.4 Å². The second kappa shape index (κ2) is 8.14. The van der Waals surface area contributed by atoms with Gasteiger partial charge in [0.15, 0.2) is 0 Å². The van der Waals surface area contributed by atoms with Crippen LogP contribution in [-0.4, -0.2) is 18.6 Å². The molecule has 6 nitrogen and oxygen atoms in total. The zero-order valence-electron chi connectivity index (χ0n) is 13.6. The topological polar surface area (TPSA) is 76.4 Å². The van der Waals surface area contributed by atoms with Crippen molar-refractivity contribution < 1.29 is 14.1 Å². The average molecular weight is 333 g/mol. The molecule has 0 radical (unpaired) electrons. The molecule has 2 rings (SSSR count). The van der Waals surface area contributed by atoms with Crippen molar-refractivity contribution >= 4 is 17.1 Å². The van der Waals surface area contributed by atoms with Crippen molar-refractivity contribution in [3.05, 3.63) is 57.9 Å². The van der Waals surface area contributed by atoms with Crippen LogP contribution in [0.15, 0.2) is 36.4 Å². The van der Waals surface area contributed by atoms with E-state index in [2.05, 4.69) is 17.6 Å². The Hall–Kier alpha value is -2.83. The van der Waals surface area contributed by atoms with Crippen LogP contribution >= 0.6 is 0 Å². The van der Waals surface area contributed by atoms with Crippen molar-refractivity contribution in [1.29, 1.82) is 0 Å². The van der Waals surface area contributed by atoms with Crippen molar-refractivity contribution in [3.63, 3.8) is 0 Å². The van der Waals surface area contributed by atoms with Gasteiger partial charge in [0, 0.05) is 30.9 Å². The van der Waals surface area contributed by atoms with Crippen LogP contribution in [0, 0.1) is 15.9 Å². The molecule has 0 amide bonds. The van der Waals surface area contributed by atoms with E-state index in [1.54, 1.807) is 0 Å². The minimum atomic E-state index is -0.930. The lowest BCUT2D eigenvalue weighted by Crippen LogP contribution is -2.05. The minimum Gasteiger partial charge on any atom is -0.497 e. The van der Waals surface area contributed by atoms with E-state index in [-0.39, 0.29) is 11.4 Å². The van der Waals surface area contributed by atoms with Crippen LogP contribution in [0.1, 0.15) is 18.9 Å². The van der Waals surface area contributed by atoms with Crippen LogP contribution in [0.2, 0.25) is 0 Å². The molecule has 0 unspecified atom stereocenters. The maximum atomic E-state index is 13.9. The van der Waals surface area contributed by atoms with Gasteiger partial charge in [-0.3, -0.25) is 10.1 Å². The van der Waals surface area contributed by atoms with Gasteiger partial charge in [0.25, 0.3) is 0 Å². The largest absolute Gasteiger partial charge is 0.497 e. The Morgan fingerprint density at radius 1 is 1.21 bits per heavy atom. The molecule has 128 valence electrons. The smallest absolute Gasteiger partial charge is 0.327 e. The van der Waals surface area contributed by atoms with Crippen LogP contribution < -0.4 is 15.4 Å². The predicted octanol–water partition coefficient (Wildman–Crippen LogP) is 4.18. The second-order valence-electron chi connectivity index (χ2n) is 5.24. The summed E-state index contributed by atoms with van der Waals surface area (Å²) in [5.41, 5.74) is 1.44. The summed E-state index contributed by atoms with van der Waals surface area (Å²) in [6.45, 7) is 3.32. The fraction of sp³-hybridized carbons (Fsp3) is 0.294. The summed E-state index contributed by atoms with van der Waals surface area (Å²) in [6.07, 6.45) is 1.04. The molecule has 0 spiro atoms. The summed E-state index contributed by atoms with van der Waals surface area (Å²) in [7, 11) is 1.38. The number of halogens is 1. The highest BCUT2D eigenvalue weighted by Crippen LogP contribution is 2.32. The van der Waals surface area contributed by atoms with E-state index in [1.165, 1.54) is 13.2 Å². The first-order valence-corrected chi connectivity index (χ1v) is 7.63. The number of rotatable bonds is 8. The molecule has 24 heavy (non-hydrogen) atoms. The van der Waals surface area contributed by atoms with Crippen LogP contribution in [0.4, 0.5) is 21.5 Å². The number of hydrogen-bond donors (Lipinski definition) is 2. The molecule has 0 aromatic heterocycles. The molecule has 2 aromatic carbocycles. The molecule has 2 aromatic rings. The molecule has 7 heteroatoms. The number of benzene rings is 2. The number of hydrogen-bond acceptors (Lipinski definition) is 5. The quantitative estimate of drug-likeness (QED) is 0.560. The lowest BCUT2D eigenvalue weighted by atomic mass is 10.2. The molecule has 0 aliphatic heterocycles. The highest BCUT2D eigenvalue weighted by Gasteiger charge is 2.22. The zero-order chi connectivity index (χ0) is 17.5. The number of anilines is 2. The van der Waals surface area contributed by atoms with E-state index in [0.29, 0.717) is 6.54 Å². The van der Waals surface area contributed by atoms with Crippen LogP contribution in [-0.2, 0) is 6.54 Å². The van der Waals surface area contributed by atoms with Gasteiger partial charge in [-0.05, 0) is 24.1 Å². The molecule has 0 saturated heterocycles. The predicted molar refractivity (Wildman–Crippen MR) is 92.2 cm³/mol. The van der Waals surface area contributed by atoms with Crippen LogP contribution in [0.3, 0.4) is 0 Å². The lowest BCUT2D eigenvalue weighted by molar-refractivity contribution is -0.386. The van der Waals surface area contributed by atoms with Crippen molar-refractivity contribution in [1.82, 2.24) is 0 Å². The lowest BCUT2D eigenvalue weighted by Gasteiger charge is -2.10. The van der Waals surface area contributed by atoms with Gasteiger partial charge in [0.1, 0.15) is 11.4 Å². The zero-order valence-corrected chi connectivity index (χ0v) is 13.6. The molecule has 0 heterocycles. The molecule has 0 aliphatic carbocycles. The molecule has 0 fully saturated rings. The van der Waals surface area contributed by atoms with E-state index < -0.39 is 16.4 Å². The van der Waals surface area contributed by atoms with Gasteiger partial charge in [-0.25, -0.2) is 0 Å². The molecule has 0 aliphatic rings. The summed E-state index contributed by atoms with van der Waals surface area (Å²) >= 11 is 0. The first-order chi connectivity index (χ1) is 11.5. The van der Waals surface area contributed by atoms with E-state index in [4.69, 9.17) is 4.74 Å². The van der Waals surface area contributed by atoms with Gasteiger partial charge >= 0.3 is 5.69 Å². The fourth-order valence-electron chi connectivity index (χ4n) is 2.22. The Kier molecular flexibility index (Phi) is 5.95. The van der Waals surface area contributed by atoms with Crippen molar-refractivity contribution in [3.8, 4) is 5.75 Å². The summed E-state index contributed by atoms with van der Waals surface area (Å²) < 4.78 is 18.8. The van der Waals surface area contributed by atoms with E-state index in [9.17, 15) is 14.5 Å². The van der Waals surface area contributed by atoms with E-state index in [0.717, 1.165) is 30.3 Å². The average Bonchev–Trinajstić information content (AvgIpc) is 2.58. The second-order valence-corrected chi connectivity index (χ2v) is 5.24. The van der Waals surface area contributed by atoms with Crippen molar-refractivity contribution in [2.75, 3.05) is 24.3 Å². The molecular weight excluding hydrogens is 313 g/mol. The fourth-order valence-corrected chi connectivity index (χ4v) is 2.22. The van der Waals surface area contributed by atoms with Crippen LogP contribution in [0.25, 0.3) is 0 Å². The standard InChI is InChI=1S/C17H20FN3O3/c1-3-8-19-13-6-4-12(5-7-13)11-20-16-10-14(24-2)9-15(18)17(16)21(22)23/h4-7,9-10,19-20H,3,8,11H2,1-2H3. The van der Waals surface area contributed by atoms with Gasteiger partial charge in [0.05, 0.1) is 12.0 Å². The highest BCUT2D eigenvalue weighted by molar-refractivity contribution is 5.65. The number of nitro benzene ring substituents is 1. The number of nitrogens with one attached hydrogen (secondary N) is 2. The molecule has 0 saturated carbocycles. The van der Waals surface area contributed by atoms with Crippen molar-refractivity contribution in [2.24, 2.45) is 0 Å². The molecular formula is C17H20FN3O3. The summed E-state index contributed by atoms with van der Waals surface area (Å²) in [5, 5.41) is 17.2. The summed E-state index contributed by atoms with van der Waals surface area (Å²) in [4.78, 5) is 10.3. The first kappa shape index (κ1) is 17.5. The Morgan fingerprint density at radius 2 is 1.92 bits per heavy atom. The molecule has 0 atom stereocenters. The number of methoxy groups -OCH3 is 1. The number of ether oxygens (including phenoxy) is 1. The Bertz CT molecular complexity index is 705. The Balaban J connectivity index is 2.13. The Labute approximate surface area is 139 Å². The molecule has 0 bridgehead atoms. The van der Waals surface area contributed by atoms with Gasteiger partial charge in [0.2, 0.25) is 5.82 Å². The number of nitrogens with zero attached hydrogens (tertiary/aromatic N) is 1. The summed E-state index contributed by atoms with van der Waals surface area (Å²) in [6, 6.07) is 10.1.